The molecule has 150 valence electrons. The molecule has 1 fully saturated rings. The van der Waals surface area contributed by atoms with Crippen LogP contribution in [-0.2, 0) is 4.79 Å². The van der Waals surface area contributed by atoms with Gasteiger partial charge in [-0.25, -0.2) is 0 Å². The molecule has 0 bridgehead atoms. The quantitative estimate of drug-likeness (QED) is 0.634. The molecule has 1 heterocycles. The van der Waals surface area contributed by atoms with Crippen molar-refractivity contribution >= 4 is 11.7 Å². The fraction of sp³-hybridized carbons (Fsp3) is 0.480. The minimum atomic E-state index is -0.686. The van der Waals surface area contributed by atoms with Gasteiger partial charge >= 0.3 is 5.97 Å². The number of carboxylic acid groups (broad SMARTS) is 1. The van der Waals surface area contributed by atoms with Crippen LogP contribution in [0.15, 0.2) is 48.5 Å². The van der Waals surface area contributed by atoms with E-state index in [1.165, 1.54) is 22.4 Å². The van der Waals surface area contributed by atoms with Gasteiger partial charge < -0.3 is 10.0 Å². The molecule has 3 heteroatoms. The first-order chi connectivity index (χ1) is 13.3. The molecule has 28 heavy (non-hydrogen) atoms. The van der Waals surface area contributed by atoms with E-state index in [2.05, 4.69) is 81.1 Å². The van der Waals surface area contributed by atoms with Crippen molar-refractivity contribution in [2.75, 3.05) is 11.4 Å². The van der Waals surface area contributed by atoms with E-state index in [-0.39, 0.29) is 18.4 Å². The molecule has 3 rings (SSSR count). The van der Waals surface area contributed by atoms with Crippen molar-refractivity contribution in [2.45, 2.75) is 64.8 Å². The van der Waals surface area contributed by atoms with Gasteiger partial charge in [0.25, 0.3) is 0 Å². The molecule has 0 aliphatic carbocycles. The molecule has 2 aromatic rings. The van der Waals surface area contributed by atoms with E-state index in [1.54, 1.807) is 0 Å². The Labute approximate surface area is 169 Å². The van der Waals surface area contributed by atoms with Gasteiger partial charge in [0.2, 0.25) is 0 Å². The molecule has 0 amide bonds. The van der Waals surface area contributed by atoms with Crippen molar-refractivity contribution in [3.8, 4) is 0 Å². The second-order valence-corrected chi connectivity index (χ2v) is 8.77. The molecule has 2 atom stereocenters. The monoisotopic (exact) mass is 379 g/mol. The van der Waals surface area contributed by atoms with Crippen LogP contribution in [0.25, 0.3) is 0 Å². The van der Waals surface area contributed by atoms with Crippen LogP contribution in [0.4, 0.5) is 5.69 Å². The van der Waals surface area contributed by atoms with Gasteiger partial charge in [-0.3, -0.25) is 4.79 Å². The summed E-state index contributed by atoms with van der Waals surface area (Å²) < 4.78 is 0. The molecule has 2 aromatic carbocycles. The fourth-order valence-corrected chi connectivity index (χ4v) is 4.25. The van der Waals surface area contributed by atoms with Crippen molar-refractivity contribution in [3.05, 3.63) is 65.2 Å². The van der Waals surface area contributed by atoms with Gasteiger partial charge in [-0.2, -0.15) is 0 Å². The van der Waals surface area contributed by atoms with Gasteiger partial charge in [-0.05, 0) is 59.4 Å². The normalized spacial score (nSPS) is 20.0. The summed E-state index contributed by atoms with van der Waals surface area (Å²) in [6, 6.07) is 18.0. The van der Waals surface area contributed by atoms with Crippen LogP contribution in [0, 0.1) is 5.92 Å². The summed E-state index contributed by atoms with van der Waals surface area (Å²) in [4.78, 5) is 13.7. The van der Waals surface area contributed by atoms with E-state index in [0.29, 0.717) is 11.8 Å². The predicted molar refractivity (Wildman–Crippen MR) is 116 cm³/mol. The van der Waals surface area contributed by atoms with Crippen molar-refractivity contribution in [1.29, 1.82) is 0 Å². The second-order valence-electron chi connectivity index (χ2n) is 8.77. The lowest BCUT2D eigenvalue weighted by Crippen LogP contribution is -2.37. The summed E-state index contributed by atoms with van der Waals surface area (Å²) >= 11 is 0. The summed E-state index contributed by atoms with van der Waals surface area (Å²) in [7, 11) is 0. The highest BCUT2D eigenvalue weighted by molar-refractivity contribution is 5.67. The van der Waals surface area contributed by atoms with Gasteiger partial charge in [-0.1, -0.05) is 64.1 Å². The van der Waals surface area contributed by atoms with Crippen molar-refractivity contribution in [3.63, 3.8) is 0 Å². The van der Waals surface area contributed by atoms with E-state index in [9.17, 15) is 9.90 Å². The van der Waals surface area contributed by atoms with Crippen LogP contribution < -0.4 is 4.90 Å². The smallest absolute Gasteiger partial charge is 0.303 e. The molecule has 1 aliphatic rings. The van der Waals surface area contributed by atoms with Gasteiger partial charge in [0, 0.05) is 18.7 Å². The van der Waals surface area contributed by atoms with Crippen LogP contribution in [0.3, 0.4) is 0 Å². The lowest BCUT2D eigenvalue weighted by atomic mass is 9.84. The summed E-state index contributed by atoms with van der Waals surface area (Å²) in [5, 5.41) is 9.27. The Morgan fingerprint density at radius 1 is 0.964 bits per heavy atom. The maximum Gasteiger partial charge on any atom is 0.303 e. The third kappa shape index (κ3) is 4.76. The Balaban J connectivity index is 1.89. The fourth-order valence-electron chi connectivity index (χ4n) is 4.25. The first-order valence-electron chi connectivity index (χ1n) is 10.5. The van der Waals surface area contributed by atoms with E-state index in [4.69, 9.17) is 0 Å². The predicted octanol–water partition coefficient (Wildman–Crippen LogP) is 6.37. The average molecular weight is 380 g/mol. The number of anilines is 1. The number of carbonyl (C=O) groups is 1. The molecular weight excluding hydrogens is 346 g/mol. The highest BCUT2D eigenvalue weighted by Gasteiger charge is 2.31. The standard InChI is InChI=1S/C25H33NO2/c1-17(2)20-5-7-22(8-6-20)24-15-19(16-25(27)28)13-14-26(24)23-11-9-21(10-12-23)18(3)4/h5-12,17-19,24H,13-16H2,1-4H3,(H,27,28)/t19-,24+/m1/s1. The second kappa shape index (κ2) is 8.81. The topological polar surface area (TPSA) is 40.5 Å². The number of hydrogen-bond acceptors (Lipinski definition) is 2. The summed E-state index contributed by atoms with van der Waals surface area (Å²) in [6.45, 7) is 9.74. The number of benzene rings is 2. The first-order valence-corrected chi connectivity index (χ1v) is 10.5. The molecule has 0 spiro atoms. The van der Waals surface area contributed by atoms with Gasteiger partial charge in [0.15, 0.2) is 0 Å². The average Bonchev–Trinajstić information content (AvgIpc) is 2.67. The maximum atomic E-state index is 11.3. The molecule has 0 saturated carbocycles. The van der Waals surface area contributed by atoms with Gasteiger partial charge in [0.05, 0.1) is 6.04 Å². The summed E-state index contributed by atoms with van der Waals surface area (Å²) in [5.74, 6) is 0.585. The van der Waals surface area contributed by atoms with Crippen LogP contribution in [0.1, 0.15) is 81.5 Å². The number of aliphatic carboxylic acids is 1. The Morgan fingerprint density at radius 2 is 1.50 bits per heavy atom. The third-order valence-electron chi connectivity index (χ3n) is 6.05. The number of nitrogens with zero attached hydrogens (tertiary/aromatic N) is 1. The Hall–Kier alpha value is -2.29. The highest BCUT2D eigenvalue weighted by Crippen LogP contribution is 2.39. The molecule has 0 radical (unpaired) electrons. The lowest BCUT2D eigenvalue weighted by molar-refractivity contribution is -0.138. The lowest BCUT2D eigenvalue weighted by Gasteiger charge is -2.41. The zero-order chi connectivity index (χ0) is 20.3. The molecular formula is C25H33NO2. The minimum Gasteiger partial charge on any atom is -0.481 e. The van der Waals surface area contributed by atoms with Crippen molar-refractivity contribution in [2.24, 2.45) is 5.92 Å². The third-order valence-corrected chi connectivity index (χ3v) is 6.05. The van der Waals surface area contributed by atoms with E-state index in [1.807, 2.05) is 0 Å². The largest absolute Gasteiger partial charge is 0.481 e. The Kier molecular flexibility index (Phi) is 6.43. The Morgan fingerprint density at radius 3 is 2.00 bits per heavy atom. The van der Waals surface area contributed by atoms with Gasteiger partial charge in [0.1, 0.15) is 0 Å². The number of carboxylic acids is 1. The van der Waals surface area contributed by atoms with Crippen LogP contribution in [-0.4, -0.2) is 17.6 Å². The van der Waals surface area contributed by atoms with Crippen LogP contribution >= 0.6 is 0 Å². The zero-order valence-corrected chi connectivity index (χ0v) is 17.6. The Bertz CT molecular complexity index is 777. The van der Waals surface area contributed by atoms with Crippen molar-refractivity contribution in [1.82, 2.24) is 0 Å². The molecule has 0 unspecified atom stereocenters. The zero-order valence-electron chi connectivity index (χ0n) is 17.6. The number of piperidine rings is 1. The summed E-state index contributed by atoms with van der Waals surface area (Å²) in [6.07, 6.45) is 2.08. The summed E-state index contributed by atoms with van der Waals surface area (Å²) in [5.41, 5.74) is 5.21. The SMILES string of the molecule is CC(C)c1ccc([C@@H]2C[C@H](CC(=O)O)CCN2c2ccc(C(C)C)cc2)cc1. The number of hydrogen-bond donors (Lipinski definition) is 1. The molecule has 0 aromatic heterocycles. The van der Waals surface area contributed by atoms with E-state index >= 15 is 0 Å². The van der Waals surface area contributed by atoms with E-state index < -0.39 is 5.97 Å². The molecule has 1 N–H and O–H groups in total. The number of rotatable bonds is 6. The van der Waals surface area contributed by atoms with E-state index in [0.717, 1.165) is 19.4 Å². The van der Waals surface area contributed by atoms with Gasteiger partial charge in [-0.15, -0.1) is 0 Å². The molecule has 1 saturated heterocycles. The minimum absolute atomic E-state index is 0.226. The molecule has 3 nitrogen and oxygen atoms in total. The van der Waals surface area contributed by atoms with Crippen LogP contribution in [0.5, 0.6) is 0 Å². The van der Waals surface area contributed by atoms with Crippen LogP contribution in [0.2, 0.25) is 0 Å². The maximum absolute atomic E-state index is 11.3. The van der Waals surface area contributed by atoms with Crippen molar-refractivity contribution < 1.29 is 9.90 Å². The highest BCUT2D eigenvalue weighted by atomic mass is 16.4. The molecule has 1 aliphatic heterocycles. The first kappa shape index (κ1) is 20.4.